The van der Waals surface area contributed by atoms with Crippen LogP contribution in [-0.2, 0) is 17.8 Å². The predicted octanol–water partition coefficient (Wildman–Crippen LogP) is 2.89. The van der Waals surface area contributed by atoms with Gasteiger partial charge in [0.1, 0.15) is 0 Å². The molecule has 7 heteroatoms. The number of halogens is 2. The van der Waals surface area contributed by atoms with Crippen molar-refractivity contribution in [1.29, 1.82) is 0 Å². The Balaban J connectivity index is 0.00000132. The molecule has 0 aliphatic heterocycles. The summed E-state index contributed by atoms with van der Waals surface area (Å²) < 4.78 is 1.91. The summed E-state index contributed by atoms with van der Waals surface area (Å²) in [5.41, 5.74) is 9.11. The van der Waals surface area contributed by atoms with Crippen LogP contribution in [0.15, 0.2) is 36.9 Å². The number of rotatable bonds is 4. The van der Waals surface area contributed by atoms with Crippen molar-refractivity contribution in [2.75, 3.05) is 5.73 Å². The van der Waals surface area contributed by atoms with Gasteiger partial charge in [0.2, 0.25) is 5.91 Å². The van der Waals surface area contributed by atoms with Crippen LogP contribution in [-0.4, -0.2) is 15.5 Å². The normalized spacial score (nSPS) is 15.7. The summed E-state index contributed by atoms with van der Waals surface area (Å²) in [5.74, 6) is 0.0818. The molecule has 0 radical (unpaired) electrons. The van der Waals surface area contributed by atoms with E-state index < -0.39 is 0 Å². The van der Waals surface area contributed by atoms with Gasteiger partial charge in [-0.3, -0.25) is 4.79 Å². The minimum absolute atomic E-state index is 0. The Morgan fingerprint density at radius 2 is 2.22 bits per heavy atom. The average molecular weight is 357 g/mol. The molecule has 0 bridgehead atoms. The lowest BCUT2D eigenvalue weighted by atomic mass is 9.87. The number of hydrogen-bond acceptors (Lipinski definition) is 3. The van der Waals surface area contributed by atoms with Gasteiger partial charge in [-0.15, -0.1) is 24.8 Å². The Morgan fingerprint density at radius 3 is 2.96 bits per heavy atom. The highest BCUT2D eigenvalue weighted by Gasteiger charge is 2.21. The fraction of sp³-hybridized carbons (Fsp3) is 0.375. The monoisotopic (exact) mass is 356 g/mol. The standard InChI is InChI=1S/C16H20N4O.2ClH/c17-13-4-5-14-12(10-13)2-1-3-15(14)19-16(21)6-8-20-9-7-18-11-20;;/h4-5,7,9-11,15H,1-3,6,8,17H2,(H,19,21);2*1H. The molecule has 0 fully saturated rings. The molecule has 126 valence electrons. The second-order valence-corrected chi connectivity index (χ2v) is 5.52. The number of carbonyl (C=O) groups is 1. The zero-order valence-electron chi connectivity index (χ0n) is 12.8. The highest BCUT2D eigenvalue weighted by atomic mass is 35.5. The third-order valence-corrected chi connectivity index (χ3v) is 3.97. The molecule has 2 aromatic rings. The Hall–Kier alpha value is -1.72. The average Bonchev–Trinajstić information content (AvgIpc) is 2.98. The van der Waals surface area contributed by atoms with E-state index in [1.807, 2.05) is 29.0 Å². The molecule has 1 aromatic carbocycles. The summed E-state index contributed by atoms with van der Waals surface area (Å²) >= 11 is 0. The lowest BCUT2D eigenvalue weighted by Crippen LogP contribution is -2.31. The van der Waals surface area contributed by atoms with Crippen molar-refractivity contribution >= 4 is 36.4 Å². The fourth-order valence-corrected chi connectivity index (χ4v) is 2.90. The number of nitrogen functional groups attached to an aromatic ring is 1. The van der Waals surface area contributed by atoms with Crippen LogP contribution in [0.1, 0.15) is 36.4 Å². The first-order valence-electron chi connectivity index (χ1n) is 7.36. The molecule has 1 unspecified atom stereocenters. The molecule has 0 saturated heterocycles. The summed E-state index contributed by atoms with van der Waals surface area (Å²) in [7, 11) is 0. The van der Waals surface area contributed by atoms with Crippen molar-refractivity contribution in [3.63, 3.8) is 0 Å². The minimum Gasteiger partial charge on any atom is -0.399 e. The van der Waals surface area contributed by atoms with Gasteiger partial charge in [-0.1, -0.05) is 6.07 Å². The van der Waals surface area contributed by atoms with Crippen LogP contribution in [0.25, 0.3) is 0 Å². The number of nitrogens with one attached hydrogen (secondary N) is 1. The second-order valence-electron chi connectivity index (χ2n) is 5.52. The van der Waals surface area contributed by atoms with Gasteiger partial charge >= 0.3 is 0 Å². The molecule has 5 nitrogen and oxygen atoms in total. The summed E-state index contributed by atoms with van der Waals surface area (Å²) in [5, 5.41) is 3.14. The molecule has 1 aromatic heterocycles. The maximum absolute atomic E-state index is 12.1. The van der Waals surface area contributed by atoms with Crippen LogP contribution in [0.5, 0.6) is 0 Å². The third kappa shape index (κ3) is 4.88. The van der Waals surface area contributed by atoms with Crippen LogP contribution >= 0.6 is 24.8 Å². The van der Waals surface area contributed by atoms with Gasteiger partial charge in [-0.05, 0) is 42.5 Å². The molecule has 1 atom stereocenters. The van der Waals surface area contributed by atoms with E-state index in [-0.39, 0.29) is 36.8 Å². The smallest absolute Gasteiger partial charge is 0.222 e. The lowest BCUT2D eigenvalue weighted by Gasteiger charge is -2.26. The van der Waals surface area contributed by atoms with Crippen LogP contribution in [0, 0.1) is 0 Å². The first-order valence-corrected chi connectivity index (χ1v) is 7.36. The van der Waals surface area contributed by atoms with Crippen molar-refractivity contribution in [1.82, 2.24) is 14.9 Å². The maximum Gasteiger partial charge on any atom is 0.222 e. The van der Waals surface area contributed by atoms with Crippen molar-refractivity contribution in [2.24, 2.45) is 0 Å². The Kier molecular flexibility index (Phi) is 7.39. The van der Waals surface area contributed by atoms with Gasteiger partial charge in [0.25, 0.3) is 0 Å². The molecule has 3 N–H and O–H groups in total. The van der Waals surface area contributed by atoms with E-state index in [4.69, 9.17) is 5.73 Å². The van der Waals surface area contributed by atoms with Crippen molar-refractivity contribution in [2.45, 2.75) is 38.3 Å². The zero-order chi connectivity index (χ0) is 14.7. The van der Waals surface area contributed by atoms with E-state index in [1.165, 1.54) is 11.1 Å². The number of hydrogen-bond donors (Lipinski definition) is 2. The van der Waals surface area contributed by atoms with Gasteiger partial charge < -0.3 is 15.6 Å². The number of aryl methyl sites for hydroxylation is 2. The summed E-state index contributed by atoms with van der Waals surface area (Å²) in [6.45, 7) is 0.660. The first kappa shape index (κ1) is 19.3. The molecular weight excluding hydrogens is 335 g/mol. The molecule has 1 amide bonds. The Labute approximate surface area is 148 Å². The van der Waals surface area contributed by atoms with Crippen LogP contribution < -0.4 is 11.1 Å². The van der Waals surface area contributed by atoms with E-state index in [2.05, 4.69) is 10.3 Å². The predicted molar refractivity (Wildman–Crippen MR) is 96.0 cm³/mol. The Bertz CT molecular complexity index is 631. The number of anilines is 1. The number of benzene rings is 1. The number of amides is 1. The number of aromatic nitrogens is 2. The van der Waals surface area contributed by atoms with Gasteiger partial charge in [-0.25, -0.2) is 4.98 Å². The number of imidazole rings is 1. The minimum atomic E-state index is 0. The fourth-order valence-electron chi connectivity index (χ4n) is 2.90. The number of carbonyl (C=O) groups excluding carboxylic acids is 1. The van der Waals surface area contributed by atoms with Crippen molar-refractivity contribution in [3.05, 3.63) is 48.0 Å². The largest absolute Gasteiger partial charge is 0.399 e. The zero-order valence-corrected chi connectivity index (χ0v) is 14.4. The van der Waals surface area contributed by atoms with Gasteiger partial charge in [0.15, 0.2) is 0 Å². The molecular formula is C16H22Cl2N4O. The highest BCUT2D eigenvalue weighted by molar-refractivity contribution is 5.85. The van der Waals surface area contributed by atoms with E-state index in [0.29, 0.717) is 13.0 Å². The molecule has 1 heterocycles. The molecule has 0 spiro atoms. The van der Waals surface area contributed by atoms with Crippen molar-refractivity contribution < 1.29 is 4.79 Å². The van der Waals surface area contributed by atoms with E-state index in [0.717, 1.165) is 24.9 Å². The molecule has 23 heavy (non-hydrogen) atoms. The lowest BCUT2D eigenvalue weighted by molar-refractivity contribution is -0.122. The molecule has 1 aliphatic carbocycles. The number of nitrogens with two attached hydrogens (primary N) is 1. The van der Waals surface area contributed by atoms with Crippen molar-refractivity contribution in [3.8, 4) is 0 Å². The molecule has 3 rings (SSSR count). The van der Waals surface area contributed by atoms with Crippen LogP contribution in [0.3, 0.4) is 0 Å². The second kappa shape index (κ2) is 8.79. The summed E-state index contributed by atoms with van der Waals surface area (Å²) in [6, 6.07) is 6.10. The molecule has 1 aliphatic rings. The Morgan fingerprint density at radius 1 is 1.39 bits per heavy atom. The summed E-state index contributed by atoms with van der Waals surface area (Å²) in [4.78, 5) is 16.1. The van der Waals surface area contributed by atoms with Gasteiger partial charge in [0, 0.05) is 31.0 Å². The van der Waals surface area contributed by atoms with E-state index >= 15 is 0 Å². The number of nitrogens with zero attached hydrogens (tertiary/aromatic N) is 2. The number of fused-ring (bicyclic) bond motifs is 1. The quantitative estimate of drug-likeness (QED) is 0.827. The van der Waals surface area contributed by atoms with Gasteiger partial charge in [-0.2, -0.15) is 0 Å². The maximum atomic E-state index is 12.1. The van der Waals surface area contributed by atoms with Crippen LogP contribution in [0.4, 0.5) is 5.69 Å². The summed E-state index contributed by atoms with van der Waals surface area (Å²) in [6.07, 6.45) is 8.91. The first-order chi connectivity index (χ1) is 10.2. The van der Waals surface area contributed by atoms with E-state index in [1.54, 1.807) is 12.5 Å². The third-order valence-electron chi connectivity index (χ3n) is 3.97. The van der Waals surface area contributed by atoms with E-state index in [9.17, 15) is 4.79 Å². The van der Waals surface area contributed by atoms with Crippen LogP contribution in [0.2, 0.25) is 0 Å². The molecule has 0 saturated carbocycles. The highest BCUT2D eigenvalue weighted by Crippen LogP contribution is 2.30. The SMILES string of the molecule is Cl.Cl.Nc1ccc2c(c1)CCCC2NC(=O)CCn1ccnc1. The van der Waals surface area contributed by atoms with Gasteiger partial charge in [0.05, 0.1) is 12.4 Å². The topological polar surface area (TPSA) is 72.9 Å².